The molecule has 0 unspecified atom stereocenters. The van der Waals surface area contributed by atoms with E-state index in [2.05, 4.69) is 17.3 Å². The summed E-state index contributed by atoms with van der Waals surface area (Å²) in [6.07, 6.45) is 2.48. The SMILES string of the molecule is CCc1ccc(NC(=O)Cn2ncc3c(c2=O)N(CC(C)C)C(=O)CS3)cc1. The quantitative estimate of drug-likeness (QED) is 0.806. The molecule has 0 aliphatic carbocycles. The van der Waals surface area contributed by atoms with Gasteiger partial charge in [0.05, 0.1) is 16.8 Å². The Labute approximate surface area is 168 Å². The number of thioether (sulfide) groups is 1. The number of aryl methyl sites for hydroxylation is 1. The zero-order chi connectivity index (χ0) is 20.3. The van der Waals surface area contributed by atoms with Gasteiger partial charge >= 0.3 is 0 Å². The number of amides is 2. The molecule has 1 aliphatic rings. The average molecular weight is 401 g/mol. The van der Waals surface area contributed by atoms with Crippen molar-refractivity contribution in [1.29, 1.82) is 0 Å². The summed E-state index contributed by atoms with van der Waals surface area (Å²) in [6, 6.07) is 7.57. The Bertz CT molecular complexity index is 937. The fourth-order valence-electron chi connectivity index (χ4n) is 2.99. The van der Waals surface area contributed by atoms with Crippen molar-refractivity contribution < 1.29 is 9.59 Å². The monoisotopic (exact) mass is 400 g/mol. The van der Waals surface area contributed by atoms with Gasteiger partial charge < -0.3 is 10.2 Å². The van der Waals surface area contributed by atoms with Crippen molar-refractivity contribution in [3.63, 3.8) is 0 Å². The van der Waals surface area contributed by atoms with E-state index in [1.54, 1.807) is 6.20 Å². The molecule has 0 spiro atoms. The second-order valence-corrected chi connectivity index (χ2v) is 8.12. The summed E-state index contributed by atoms with van der Waals surface area (Å²) in [7, 11) is 0. The van der Waals surface area contributed by atoms with Gasteiger partial charge in [0.15, 0.2) is 0 Å². The average Bonchev–Trinajstić information content (AvgIpc) is 2.66. The molecule has 0 fully saturated rings. The lowest BCUT2D eigenvalue weighted by molar-refractivity contribution is -0.117. The van der Waals surface area contributed by atoms with Crippen LogP contribution in [0.15, 0.2) is 40.2 Å². The fourth-order valence-corrected chi connectivity index (χ4v) is 3.88. The first-order valence-corrected chi connectivity index (χ1v) is 10.3. The Morgan fingerprint density at radius 1 is 1.25 bits per heavy atom. The number of carbonyl (C=O) groups excluding carboxylic acids is 2. The minimum Gasteiger partial charge on any atom is -0.324 e. The van der Waals surface area contributed by atoms with Crippen LogP contribution in [0.1, 0.15) is 26.3 Å². The Balaban J connectivity index is 1.81. The van der Waals surface area contributed by atoms with Crippen molar-refractivity contribution in [3.05, 3.63) is 46.4 Å². The largest absolute Gasteiger partial charge is 0.324 e. The van der Waals surface area contributed by atoms with Crippen LogP contribution in [0.5, 0.6) is 0 Å². The van der Waals surface area contributed by atoms with Crippen LogP contribution in [0, 0.1) is 5.92 Å². The van der Waals surface area contributed by atoms with Crippen LogP contribution in [0.2, 0.25) is 0 Å². The van der Waals surface area contributed by atoms with Crippen LogP contribution in [0.25, 0.3) is 0 Å². The van der Waals surface area contributed by atoms with E-state index in [4.69, 9.17) is 0 Å². The highest BCUT2D eigenvalue weighted by atomic mass is 32.2. The summed E-state index contributed by atoms with van der Waals surface area (Å²) in [5.74, 6) is 0.0693. The predicted octanol–water partition coefficient (Wildman–Crippen LogP) is 2.54. The van der Waals surface area contributed by atoms with Crippen LogP contribution in [-0.2, 0) is 22.6 Å². The van der Waals surface area contributed by atoms with Crippen LogP contribution < -0.4 is 15.8 Å². The maximum atomic E-state index is 12.9. The minimum atomic E-state index is -0.421. The third-order valence-corrected chi connectivity index (χ3v) is 5.39. The first kappa shape index (κ1) is 20.1. The molecule has 0 saturated carbocycles. The van der Waals surface area contributed by atoms with Gasteiger partial charge in [0, 0.05) is 12.2 Å². The van der Waals surface area contributed by atoms with Gasteiger partial charge in [0.2, 0.25) is 11.8 Å². The van der Waals surface area contributed by atoms with Crippen molar-refractivity contribution in [3.8, 4) is 0 Å². The molecule has 1 aromatic heterocycles. The lowest BCUT2D eigenvalue weighted by atomic mass is 10.1. The van der Waals surface area contributed by atoms with Crippen LogP contribution in [0.4, 0.5) is 11.4 Å². The third kappa shape index (κ3) is 4.44. The summed E-state index contributed by atoms with van der Waals surface area (Å²) in [5.41, 5.74) is 1.75. The normalized spacial score (nSPS) is 13.6. The Morgan fingerprint density at radius 2 is 1.96 bits per heavy atom. The standard InChI is InChI=1S/C20H24N4O3S/c1-4-14-5-7-15(8-6-14)22-17(25)11-24-20(27)19-16(9-21-24)28-12-18(26)23(19)10-13(2)3/h5-9,13H,4,10-12H2,1-3H3,(H,22,25). The summed E-state index contributed by atoms with van der Waals surface area (Å²) in [6.45, 7) is 6.29. The molecule has 0 radical (unpaired) electrons. The molecule has 2 heterocycles. The van der Waals surface area contributed by atoms with Gasteiger partial charge in [-0.3, -0.25) is 14.4 Å². The Hall–Kier alpha value is -2.61. The molecule has 0 bridgehead atoms. The van der Waals surface area contributed by atoms with Crippen molar-refractivity contribution in [2.45, 2.75) is 38.6 Å². The second-order valence-electron chi connectivity index (χ2n) is 7.11. The molecule has 0 atom stereocenters. The first-order valence-electron chi connectivity index (χ1n) is 9.31. The first-order chi connectivity index (χ1) is 13.4. The van der Waals surface area contributed by atoms with Gasteiger partial charge in [-0.05, 0) is 30.0 Å². The van der Waals surface area contributed by atoms with Gasteiger partial charge in [-0.2, -0.15) is 5.10 Å². The van der Waals surface area contributed by atoms with Crippen LogP contribution >= 0.6 is 11.8 Å². The lowest BCUT2D eigenvalue weighted by Gasteiger charge is -2.29. The number of nitrogens with zero attached hydrogens (tertiary/aromatic N) is 3. The molecule has 28 heavy (non-hydrogen) atoms. The van der Waals surface area contributed by atoms with E-state index in [9.17, 15) is 14.4 Å². The summed E-state index contributed by atoms with van der Waals surface area (Å²) in [4.78, 5) is 39.9. The van der Waals surface area contributed by atoms with Gasteiger partial charge in [-0.25, -0.2) is 4.68 Å². The number of anilines is 2. The number of benzene rings is 1. The number of carbonyl (C=O) groups is 2. The van der Waals surface area contributed by atoms with Gasteiger partial charge in [-0.1, -0.05) is 32.9 Å². The van der Waals surface area contributed by atoms with E-state index in [1.807, 2.05) is 38.1 Å². The number of rotatable bonds is 6. The number of nitrogens with one attached hydrogen (secondary N) is 1. The smallest absolute Gasteiger partial charge is 0.292 e. The topological polar surface area (TPSA) is 84.3 Å². The molecule has 3 rings (SSSR count). The number of hydrogen-bond donors (Lipinski definition) is 1. The van der Waals surface area contributed by atoms with Crippen molar-refractivity contribution in [2.24, 2.45) is 5.92 Å². The molecule has 2 aromatic rings. The van der Waals surface area contributed by atoms with Crippen LogP contribution in [-0.4, -0.2) is 33.9 Å². The Morgan fingerprint density at radius 3 is 2.61 bits per heavy atom. The maximum absolute atomic E-state index is 12.9. The molecule has 1 aliphatic heterocycles. The molecule has 7 nitrogen and oxygen atoms in total. The van der Waals surface area contributed by atoms with E-state index in [0.717, 1.165) is 11.1 Å². The van der Waals surface area contributed by atoms with Crippen molar-refractivity contribution >= 4 is 35.0 Å². The fraction of sp³-hybridized carbons (Fsp3) is 0.400. The summed E-state index contributed by atoms with van der Waals surface area (Å²) < 4.78 is 1.11. The molecule has 1 aromatic carbocycles. The van der Waals surface area contributed by atoms with Gasteiger partial charge in [0.25, 0.3) is 5.56 Å². The second kappa shape index (κ2) is 8.60. The summed E-state index contributed by atoms with van der Waals surface area (Å²) in [5, 5.41) is 6.90. The highest BCUT2D eigenvalue weighted by Crippen LogP contribution is 2.32. The zero-order valence-corrected chi connectivity index (χ0v) is 17.1. The van der Waals surface area contributed by atoms with Crippen LogP contribution in [0.3, 0.4) is 0 Å². The number of aromatic nitrogens is 2. The Kier molecular flexibility index (Phi) is 6.18. The van der Waals surface area contributed by atoms with E-state index in [0.29, 0.717) is 28.6 Å². The third-order valence-electron chi connectivity index (χ3n) is 4.39. The molecule has 148 valence electrons. The molecule has 1 N–H and O–H groups in total. The summed E-state index contributed by atoms with van der Waals surface area (Å²) >= 11 is 1.31. The molecular weight excluding hydrogens is 376 g/mol. The minimum absolute atomic E-state index is 0.0958. The molecule has 0 saturated heterocycles. The lowest BCUT2D eigenvalue weighted by Crippen LogP contribution is -2.44. The van der Waals surface area contributed by atoms with E-state index in [1.165, 1.54) is 22.2 Å². The van der Waals surface area contributed by atoms with Crippen molar-refractivity contribution in [1.82, 2.24) is 9.78 Å². The van der Waals surface area contributed by atoms with E-state index >= 15 is 0 Å². The highest BCUT2D eigenvalue weighted by Gasteiger charge is 2.29. The highest BCUT2D eigenvalue weighted by molar-refractivity contribution is 8.00. The number of fused-ring (bicyclic) bond motifs is 1. The maximum Gasteiger partial charge on any atom is 0.292 e. The zero-order valence-electron chi connectivity index (χ0n) is 16.3. The number of hydrogen-bond acceptors (Lipinski definition) is 5. The molecule has 2 amide bonds. The predicted molar refractivity (Wildman–Crippen MR) is 111 cm³/mol. The molecular formula is C20H24N4O3S. The van der Waals surface area contributed by atoms with E-state index in [-0.39, 0.29) is 24.3 Å². The van der Waals surface area contributed by atoms with Gasteiger partial charge in [0.1, 0.15) is 12.2 Å². The van der Waals surface area contributed by atoms with Crippen molar-refractivity contribution in [2.75, 3.05) is 22.5 Å². The van der Waals surface area contributed by atoms with Gasteiger partial charge in [-0.15, -0.1) is 11.8 Å². The molecule has 8 heteroatoms. The van der Waals surface area contributed by atoms with E-state index < -0.39 is 5.56 Å².